The highest BCUT2D eigenvalue weighted by molar-refractivity contribution is 7.98. The summed E-state index contributed by atoms with van der Waals surface area (Å²) in [6.45, 7) is 0. The number of nitrogens with two attached hydrogens (primary N) is 1. The number of benzene rings is 1. The zero-order chi connectivity index (χ0) is 11.4. The SMILES string of the molecule is CSc1ccc(C(C(N)=S)N(C)C)cc1. The zero-order valence-corrected chi connectivity index (χ0v) is 10.9. The maximum Gasteiger partial charge on any atom is 0.0948 e. The quantitative estimate of drug-likeness (QED) is 0.646. The molecule has 0 spiro atoms. The molecule has 0 amide bonds. The third kappa shape index (κ3) is 3.19. The van der Waals surface area contributed by atoms with Gasteiger partial charge in [-0.15, -0.1) is 11.8 Å². The lowest BCUT2D eigenvalue weighted by Crippen LogP contribution is -2.31. The Morgan fingerprint density at radius 3 is 2.20 bits per heavy atom. The fourth-order valence-corrected chi connectivity index (χ4v) is 2.26. The largest absolute Gasteiger partial charge is 0.392 e. The van der Waals surface area contributed by atoms with Crippen LogP contribution >= 0.6 is 24.0 Å². The highest BCUT2D eigenvalue weighted by Gasteiger charge is 2.16. The number of hydrogen-bond donors (Lipinski definition) is 1. The normalized spacial score (nSPS) is 12.8. The average molecular weight is 240 g/mol. The molecule has 0 aliphatic heterocycles. The summed E-state index contributed by atoms with van der Waals surface area (Å²) in [4.78, 5) is 3.78. The average Bonchev–Trinajstić information content (AvgIpc) is 2.18. The van der Waals surface area contributed by atoms with Crippen LogP contribution < -0.4 is 5.73 Å². The second-order valence-electron chi connectivity index (χ2n) is 3.54. The van der Waals surface area contributed by atoms with Crippen molar-refractivity contribution in [2.24, 2.45) is 5.73 Å². The molecule has 0 heterocycles. The van der Waals surface area contributed by atoms with Gasteiger partial charge in [0.05, 0.1) is 11.0 Å². The van der Waals surface area contributed by atoms with Gasteiger partial charge in [-0.1, -0.05) is 24.4 Å². The van der Waals surface area contributed by atoms with E-state index >= 15 is 0 Å². The first-order valence-corrected chi connectivity index (χ1v) is 6.29. The summed E-state index contributed by atoms with van der Waals surface area (Å²) in [5.41, 5.74) is 6.87. The minimum Gasteiger partial charge on any atom is -0.392 e. The first kappa shape index (κ1) is 12.5. The van der Waals surface area contributed by atoms with E-state index in [0.717, 1.165) is 5.56 Å². The predicted molar refractivity (Wildman–Crippen MR) is 71.4 cm³/mol. The maximum atomic E-state index is 5.72. The van der Waals surface area contributed by atoms with E-state index in [1.807, 2.05) is 19.0 Å². The number of thioether (sulfide) groups is 1. The van der Waals surface area contributed by atoms with Gasteiger partial charge in [0, 0.05) is 4.90 Å². The van der Waals surface area contributed by atoms with Gasteiger partial charge in [-0.25, -0.2) is 0 Å². The number of thiocarbonyl (C=S) groups is 1. The van der Waals surface area contributed by atoms with Gasteiger partial charge in [0.15, 0.2) is 0 Å². The Hall–Kier alpha value is -0.580. The van der Waals surface area contributed by atoms with Gasteiger partial charge < -0.3 is 5.73 Å². The molecule has 2 N–H and O–H groups in total. The highest BCUT2D eigenvalue weighted by Crippen LogP contribution is 2.22. The van der Waals surface area contributed by atoms with Crippen LogP contribution in [0.25, 0.3) is 0 Å². The first-order valence-electron chi connectivity index (χ1n) is 4.66. The Balaban J connectivity index is 2.97. The van der Waals surface area contributed by atoms with Gasteiger partial charge in [-0.3, -0.25) is 4.90 Å². The lowest BCUT2D eigenvalue weighted by atomic mass is 10.1. The Morgan fingerprint density at radius 2 is 1.87 bits per heavy atom. The van der Waals surface area contributed by atoms with Crippen molar-refractivity contribution in [3.63, 3.8) is 0 Å². The van der Waals surface area contributed by atoms with Gasteiger partial charge in [0.2, 0.25) is 0 Å². The number of nitrogens with zero attached hydrogens (tertiary/aromatic N) is 1. The molecule has 0 aliphatic rings. The molecule has 4 heteroatoms. The number of likely N-dealkylation sites (N-methyl/N-ethyl adjacent to an activating group) is 1. The smallest absolute Gasteiger partial charge is 0.0948 e. The van der Waals surface area contributed by atoms with Crippen molar-refractivity contribution in [2.45, 2.75) is 10.9 Å². The van der Waals surface area contributed by atoms with Crippen molar-refractivity contribution in [3.8, 4) is 0 Å². The van der Waals surface area contributed by atoms with E-state index in [2.05, 4.69) is 30.5 Å². The fourth-order valence-electron chi connectivity index (χ4n) is 1.50. The van der Waals surface area contributed by atoms with E-state index in [9.17, 15) is 0 Å². The molecule has 1 atom stereocenters. The monoisotopic (exact) mass is 240 g/mol. The van der Waals surface area contributed by atoms with Crippen LogP contribution in [0.1, 0.15) is 11.6 Å². The van der Waals surface area contributed by atoms with Crippen molar-refractivity contribution in [1.82, 2.24) is 4.90 Å². The molecule has 0 aliphatic carbocycles. The van der Waals surface area contributed by atoms with Gasteiger partial charge in [0.1, 0.15) is 0 Å². The van der Waals surface area contributed by atoms with E-state index in [4.69, 9.17) is 18.0 Å². The van der Waals surface area contributed by atoms with Crippen molar-refractivity contribution in [3.05, 3.63) is 29.8 Å². The molecule has 82 valence electrons. The molecular formula is C11H16N2S2. The second-order valence-corrected chi connectivity index (χ2v) is 4.89. The summed E-state index contributed by atoms with van der Waals surface area (Å²) in [6, 6.07) is 8.37. The van der Waals surface area contributed by atoms with Crippen LogP contribution in [-0.2, 0) is 0 Å². The van der Waals surface area contributed by atoms with E-state index in [1.54, 1.807) is 11.8 Å². The lowest BCUT2D eigenvalue weighted by molar-refractivity contribution is 0.371. The van der Waals surface area contributed by atoms with Crippen molar-refractivity contribution < 1.29 is 0 Å². The Bertz CT molecular complexity index is 333. The van der Waals surface area contributed by atoms with Gasteiger partial charge in [-0.2, -0.15) is 0 Å². The summed E-state index contributed by atoms with van der Waals surface area (Å²) < 4.78 is 0. The molecule has 0 fully saturated rings. The summed E-state index contributed by atoms with van der Waals surface area (Å²) in [6.07, 6.45) is 2.06. The van der Waals surface area contributed by atoms with E-state index < -0.39 is 0 Å². The van der Waals surface area contributed by atoms with Crippen molar-refractivity contribution >= 4 is 29.0 Å². The molecule has 1 aromatic rings. The second kappa shape index (κ2) is 5.49. The highest BCUT2D eigenvalue weighted by atomic mass is 32.2. The van der Waals surface area contributed by atoms with Crippen LogP contribution in [0.3, 0.4) is 0 Å². The van der Waals surface area contributed by atoms with Crippen molar-refractivity contribution in [2.75, 3.05) is 20.4 Å². The van der Waals surface area contributed by atoms with E-state index in [0.29, 0.717) is 4.99 Å². The summed E-state index contributed by atoms with van der Waals surface area (Å²) >= 11 is 6.80. The minimum absolute atomic E-state index is 0.0240. The standard InChI is InChI=1S/C11H16N2S2/c1-13(2)10(11(12)14)8-4-6-9(15-3)7-5-8/h4-7,10H,1-3H3,(H2,12,14). The molecule has 1 aromatic carbocycles. The molecule has 1 rings (SSSR count). The predicted octanol–water partition coefficient (Wildman–Crippen LogP) is 2.30. The third-order valence-electron chi connectivity index (χ3n) is 2.22. The summed E-state index contributed by atoms with van der Waals surface area (Å²) in [5.74, 6) is 0. The zero-order valence-electron chi connectivity index (χ0n) is 9.23. The Labute approximate surface area is 101 Å². The molecule has 0 saturated carbocycles. The third-order valence-corrected chi connectivity index (χ3v) is 3.18. The molecule has 1 unspecified atom stereocenters. The van der Waals surface area contributed by atoms with Gasteiger partial charge in [0.25, 0.3) is 0 Å². The molecule has 0 saturated heterocycles. The topological polar surface area (TPSA) is 29.3 Å². The van der Waals surface area contributed by atoms with E-state index in [1.165, 1.54) is 4.90 Å². The minimum atomic E-state index is 0.0240. The Kier molecular flexibility index (Phi) is 4.57. The molecule has 0 radical (unpaired) electrons. The Morgan fingerprint density at radius 1 is 1.33 bits per heavy atom. The summed E-state index contributed by atoms with van der Waals surface area (Å²) in [7, 11) is 3.96. The van der Waals surface area contributed by atoms with Crippen LogP contribution in [-0.4, -0.2) is 30.2 Å². The molecule has 15 heavy (non-hydrogen) atoms. The van der Waals surface area contributed by atoms with Crippen LogP contribution in [0.5, 0.6) is 0 Å². The molecular weight excluding hydrogens is 224 g/mol. The first-order chi connectivity index (χ1) is 7.06. The van der Waals surface area contributed by atoms with Crippen molar-refractivity contribution in [1.29, 1.82) is 0 Å². The van der Waals surface area contributed by atoms with Crippen LogP contribution in [0.15, 0.2) is 29.2 Å². The molecule has 0 aromatic heterocycles. The maximum absolute atomic E-state index is 5.72. The van der Waals surface area contributed by atoms with E-state index in [-0.39, 0.29) is 6.04 Å². The van der Waals surface area contributed by atoms with Crippen LogP contribution in [0.2, 0.25) is 0 Å². The molecule has 2 nitrogen and oxygen atoms in total. The van der Waals surface area contributed by atoms with Crippen LogP contribution in [0.4, 0.5) is 0 Å². The van der Waals surface area contributed by atoms with Crippen LogP contribution in [0, 0.1) is 0 Å². The van der Waals surface area contributed by atoms with Gasteiger partial charge >= 0.3 is 0 Å². The summed E-state index contributed by atoms with van der Waals surface area (Å²) in [5, 5.41) is 0. The number of hydrogen-bond acceptors (Lipinski definition) is 3. The number of rotatable bonds is 4. The van der Waals surface area contributed by atoms with Gasteiger partial charge in [-0.05, 0) is 38.0 Å². The molecule has 0 bridgehead atoms. The lowest BCUT2D eigenvalue weighted by Gasteiger charge is -2.23. The fraction of sp³-hybridized carbons (Fsp3) is 0.364.